The Balaban J connectivity index is 1.47. The molecule has 0 spiro atoms. The second-order valence-electron chi connectivity index (χ2n) is 18.4. The predicted octanol–water partition coefficient (Wildman–Crippen LogP) is 15.5. The lowest BCUT2D eigenvalue weighted by Gasteiger charge is -2.30. The molecule has 2 nitrogen and oxygen atoms in total. The Morgan fingerprint density at radius 1 is 0.448 bits per heavy atom. The van der Waals surface area contributed by atoms with Gasteiger partial charge in [0.25, 0.3) is 0 Å². The number of nitrogens with zero attached hydrogens (tertiary/aromatic N) is 2. The van der Waals surface area contributed by atoms with Gasteiger partial charge in [-0.1, -0.05) is 133 Å². The zero-order valence-corrected chi connectivity index (χ0v) is 35.8. The number of rotatable bonds is 6. The molecule has 0 radical (unpaired) electrons. The van der Waals surface area contributed by atoms with Crippen LogP contribution in [0.3, 0.4) is 0 Å². The summed E-state index contributed by atoms with van der Waals surface area (Å²) in [6.07, 6.45) is 0. The fourth-order valence-electron chi connectivity index (χ4n) is 8.58. The van der Waals surface area contributed by atoms with Gasteiger partial charge >= 0.3 is 0 Å². The predicted molar refractivity (Wildman–Crippen MR) is 249 cm³/mol. The fourth-order valence-corrected chi connectivity index (χ4v) is 8.58. The molecule has 0 aliphatic carbocycles. The van der Waals surface area contributed by atoms with Crippen molar-refractivity contribution < 1.29 is 0 Å². The molecule has 0 bridgehead atoms. The Labute approximate surface area is 345 Å². The first-order valence-electron chi connectivity index (χ1n) is 20.6. The van der Waals surface area contributed by atoms with E-state index < -0.39 is 0 Å². The molecule has 0 heterocycles. The third kappa shape index (κ3) is 7.05. The van der Waals surface area contributed by atoms with Crippen LogP contribution in [0.2, 0.25) is 0 Å². The molecule has 8 aromatic carbocycles. The number of hydrogen-bond donors (Lipinski definition) is 0. The van der Waals surface area contributed by atoms with Crippen LogP contribution in [-0.4, -0.2) is 0 Å². The number of nitriles is 1. The van der Waals surface area contributed by atoms with E-state index in [2.05, 4.69) is 214 Å². The molecule has 8 aromatic rings. The largest absolute Gasteiger partial charge is 0.310 e. The van der Waals surface area contributed by atoms with Gasteiger partial charge in [-0.2, -0.15) is 5.26 Å². The first kappa shape index (κ1) is 38.7. The van der Waals surface area contributed by atoms with Crippen LogP contribution in [0.4, 0.5) is 17.1 Å². The van der Waals surface area contributed by atoms with Crippen LogP contribution in [0, 0.1) is 39.0 Å². The molecule has 58 heavy (non-hydrogen) atoms. The molecule has 0 N–H and O–H groups in total. The van der Waals surface area contributed by atoms with E-state index in [9.17, 15) is 5.26 Å². The average Bonchev–Trinajstić information content (AvgIpc) is 3.20. The summed E-state index contributed by atoms with van der Waals surface area (Å²) < 4.78 is 0. The van der Waals surface area contributed by atoms with E-state index in [1.807, 2.05) is 6.07 Å². The van der Waals surface area contributed by atoms with Crippen LogP contribution in [0.5, 0.6) is 0 Å². The van der Waals surface area contributed by atoms with Crippen molar-refractivity contribution in [1.82, 2.24) is 0 Å². The second kappa shape index (κ2) is 14.6. The van der Waals surface area contributed by atoms with Gasteiger partial charge in [-0.05, 0) is 164 Å². The van der Waals surface area contributed by atoms with Crippen LogP contribution < -0.4 is 4.90 Å². The van der Waals surface area contributed by atoms with E-state index >= 15 is 0 Å². The molecular weight excluding hydrogens is 701 g/mol. The standard InChI is InChI=1S/C56H54N2/c1-35-15-18-41(29-37(35)3)54(40-19-21-42(22-20-40)55(5,6)7)52-32-50-46-13-11-12-14-48(46)53(33-51(50)49-31-39(34-57)17-28-47(49)52)58(45-25-16-36(2)38(4)30-45)44-26-23-43(24-27-44)56(8,9)10/h11-33,54H,1-10H3. The number of anilines is 3. The third-order valence-electron chi connectivity index (χ3n) is 12.4. The van der Waals surface area contributed by atoms with E-state index in [1.54, 1.807) is 0 Å². The molecule has 8 rings (SSSR count). The van der Waals surface area contributed by atoms with E-state index in [0.29, 0.717) is 5.56 Å². The highest BCUT2D eigenvalue weighted by molar-refractivity contribution is 6.22. The van der Waals surface area contributed by atoms with Gasteiger partial charge in [-0.25, -0.2) is 0 Å². The molecule has 0 aliphatic rings. The summed E-state index contributed by atoms with van der Waals surface area (Å²) in [5, 5.41) is 17.2. The van der Waals surface area contributed by atoms with Gasteiger partial charge in [0.05, 0.1) is 17.3 Å². The lowest BCUT2D eigenvalue weighted by Crippen LogP contribution is -2.14. The number of benzene rings is 8. The minimum atomic E-state index is -0.0278. The second-order valence-corrected chi connectivity index (χ2v) is 18.4. The summed E-state index contributed by atoms with van der Waals surface area (Å²) in [7, 11) is 0. The smallest absolute Gasteiger partial charge is 0.0991 e. The molecule has 0 saturated carbocycles. The van der Waals surface area contributed by atoms with E-state index in [0.717, 1.165) is 33.2 Å². The summed E-state index contributed by atoms with van der Waals surface area (Å²) in [4.78, 5) is 2.42. The SMILES string of the molecule is Cc1ccc(C(c2ccc(C(C)(C)C)cc2)c2cc3c4ccccc4c(N(c4ccc(C(C)(C)C)cc4)c4ccc(C)c(C)c4)cc3c3cc(C#N)ccc23)cc1C. The summed E-state index contributed by atoms with van der Waals surface area (Å²) >= 11 is 0. The van der Waals surface area contributed by atoms with Gasteiger partial charge < -0.3 is 4.90 Å². The van der Waals surface area contributed by atoms with Gasteiger partial charge in [-0.15, -0.1) is 0 Å². The van der Waals surface area contributed by atoms with Crippen molar-refractivity contribution in [2.24, 2.45) is 0 Å². The molecule has 0 amide bonds. The molecule has 288 valence electrons. The zero-order valence-electron chi connectivity index (χ0n) is 35.8. The highest BCUT2D eigenvalue weighted by atomic mass is 15.1. The van der Waals surface area contributed by atoms with E-state index in [4.69, 9.17) is 0 Å². The Kier molecular flexibility index (Phi) is 9.77. The van der Waals surface area contributed by atoms with Crippen molar-refractivity contribution in [3.8, 4) is 6.07 Å². The quantitative estimate of drug-likeness (QED) is 0.125. The van der Waals surface area contributed by atoms with Crippen molar-refractivity contribution in [2.45, 2.75) is 86.0 Å². The van der Waals surface area contributed by atoms with E-state index in [-0.39, 0.29) is 16.7 Å². The topological polar surface area (TPSA) is 27.0 Å². The molecule has 0 aliphatic heterocycles. The summed E-state index contributed by atoms with van der Waals surface area (Å²) in [6.45, 7) is 22.4. The van der Waals surface area contributed by atoms with Gasteiger partial charge in [0.1, 0.15) is 0 Å². The van der Waals surface area contributed by atoms with E-state index in [1.165, 1.54) is 66.2 Å². The molecule has 2 heteroatoms. The lowest BCUT2D eigenvalue weighted by atomic mass is 9.78. The molecular formula is C56H54N2. The Bertz CT molecular complexity index is 2890. The van der Waals surface area contributed by atoms with Crippen molar-refractivity contribution in [3.05, 3.63) is 195 Å². The van der Waals surface area contributed by atoms with Crippen LogP contribution in [-0.2, 0) is 10.8 Å². The minimum Gasteiger partial charge on any atom is -0.310 e. The average molecular weight is 755 g/mol. The Morgan fingerprint density at radius 3 is 1.59 bits per heavy atom. The maximum Gasteiger partial charge on any atom is 0.0991 e. The minimum absolute atomic E-state index is 0.0278. The van der Waals surface area contributed by atoms with Crippen LogP contribution in [0.25, 0.3) is 32.3 Å². The van der Waals surface area contributed by atoms with Gasteiger partial charge in [0, 0.05) is 22.7 Å². The van der Waals surface area contributed by atoms with Crippen LogP contribution in [0.1, 0.15) is 103 Å². The summed E-state index contributed by atoms with van der Waals surface area (Å²) in [6, 6.07) is 54.5. The number of aryl methyl sites for hydroxylation is 4. The fraction of sp³-hybridized carbons (Fsp3) is 0.232. The van der Waals surface area contributed by atoms with Gasteiger partial charge in [0.15, 0.2) is 0 Å². The zero-order chi connectivity index (χ0) is 41.1. The maximum absolute atomic E-state index is 10.3. The van der Waals surface area contributed by atoms with Crippen molar-refractivity contribution in [2.75, 3.05) is 4.90 Å². The monoisotopic (exact) mass is 754 g/mol. The summed E-state index contributed by atoms with van der Waals surface area (Å²) in [5.74, 6) is -0.0278. The number of hydrogen-bond acceptors (Lipinski definition) is 2. The first-order valence-corrected chi connectivity index (χ1v) is 20.6. The molecule has 0 fully saturated rings. The van der Waals surface area contributed by atoms with Crippen molar-refractivity contribution in [1.29, 1.82) is 5.26 Å². The van der Waals surface area contributed by atoms with Crippen LogP contribution in [0.15, 0.2) is 140 Å². The van der Waals surface area contributed by atoms with Crippen molar-refractivity contribution >= 4 is 49.4 Å². The van der Waals surface area contributed by atoms with Gasteiger partial charge in [0.2, 0.25) is 0 Å². The van der Waals surface area contributed by atoms with Gasteiger partial charge in [-0.3, -0.25) is 0 Å². The summed E-state index contributed by atoms with van der Waals surface area (Å²) in [5.41, 5.74) is 15.5. The Hall–Kier alpha value is -6.17. The molecule has 0 aromatic heterocycles. The third-order valence-corrected chi connectivity index (χ3v) is 12.4. The Morgan fingerprint density at radius 2 is 0.983 bits per heavy atom. The highest BCUT2D eigenvalue weighted by Crippen LogP contribution is 2.47. The van der Waals surface area contributed by atoms with Crippen LogP contribution >= 0.6 is 0 Å². The van der Waals surface area contributed by atoms with Crippen molar-refractivity contribution in [3.63, 3.8) is 0 Å². The molecule has 1 atom stereocenters. The normalized spacial score (nSPS) is 12.6. The first-order chi connectivity index (χ1) is 27.6. The molecule has 0 saturated heterocycles. The lowest BCUT2D eigenvalue weighted by molar-refractivity contribution is 0.590. The highest BCUT2D eigenvalue weighted by Gasteiger charge is 2.25. The maximum atomic E-state index is 10.3. The number of fused-ring (bicyclic) bond motifs is 5. The molecule has 1 unspecified atom stereocenters.